The standard InChI is InChI=1S/C16H22F3NO/c1-3-20(2)14-10-12(7-8-15(14)21)11-5-4-6-13(9-11)16(17,18)19/h4-6,9,12,14-15,21H,3,7-8,10H2,1-2H3/t12-,14-,15-/m0/s1. The molecule has 1 aliphatic rings. The van der Waals surface area contributed by atoms with Crippen LogP contribution in [0.3, 0.4) is 0 Å². The van der Waals surface area contributed by atoms with Crippen molar-refractivity contribution in [2.45, 2.75) is 50.4 Å². The summed E-state index contributed by atoms with van der Waals surface area (Å²) < 4.78 is 38.4. The molecule has 1 aliphatic carbocycles. The number of rotatable bonds is 3. The van der Waals surface area contributed by atoms with E-state index in [9.17, 15) is 18.3 Å². The summed E-state index contributed by atoms with van der Waals surface area (Å²) in [6.07, 6.45) is -2.62. The third-order valence-corrected chi connectivity index (χ3v) is 4.53. The molecule has 3 atom stereocenters. The van der Waals surface area contributed by atoms with Gasteiger partial charge in [-0.15, -0.1) is 0 Å². The maximum absolute atomic E-state index is 12.8. The molecule has 0 saturated heterocycles. The Morgan fingerprint density at radius 3 is 2.62 bits per heavy atom. The molecule has 118 valence electrons. The lowest BCUT2D eigenvalue weighted by Crippen LogP contribution is -2.44. The molecule has 0 heterocycles. The fraction of sp³-hybridized carbons (Fsp3) is 0.625. The number of likely N-dealkylation sites (N-methyl/N-ethyl adjacent to an activating group) is 1. The van der Waals surface area contributed by atoms with Crippen molar-refractivity contribution in [1.82, 2.24) is 4.90 Å². The summed E-state index contributed by atoms with van der Waals surface area (Å²) in [4.78, 5) is 2.07. The average molecular weight is 301 g/mol. The van der Waals surface area contributed by atoms with Crippen LogP contribution in [-0.4, -0.2) is 35.7 Å². The third kappa shape index (κ3) is 3.77. The Balaban J connectivity index is 2.19. The SMILES string of the molecule is CCN(C)[C@H]1C[C@@H](c2cccc(C(F)(F)F)c2)CC[C@@H]1O. The van der Waals surface area contributed by atoms with Crippen LogP contribution >= 0.6 is 0 Å². The lowest BCUT2D eigenvalue weighted by Gasteiger charge is -2.38. The number of hydrogen-bond acceptors (Lipinski definition) is 2. The minimum Gasteiger partial charge on any atom is -0.391 e. The second kappa shape index (κ2) is 6.36. The largest absolute Gasteiger partial charge is 0.416 e. The Morgan fingerprint density at radius 2 is 2.00 bits per heavy atom. The molecule has 1 saturated carbocycles. The molecule has 0 aliphatic heterocycles. The lowest BCUT2D eigenvalue weighted by molar-refractivity contribution is -0.137. The van der Waals surface area contributed by atoms with Gasteiger partial charge >= 0.3 is 6.18 Å². The maximum Gasteiger partial charge on any atom is 0.416 e. The molecule has 1 aromatic carbocycles. The van der Waals surface area contributed by atoms with Crippen molar-refractivity contribution in [2.24, 2.45) is 0 Å². The van der Waals surface area contributed by atoms with E-state index in [0.29, 0.717) is 12.8 Å². The van der Waals surface area contributed by atoms with Crippen molar-refractivity contribution in [3.63, 3.8) is 0 Å². The molecule has 0 radical (unpaired) electrons. The molecule has 21 heavy (non-hydrogen) atoms. The number of alkyl halides is 3. The molecular formula is C16H22F3NO. The second-order valence-electron chi connectivity index (χ2n) is 5.84. The molecule has 1 fully saturated rings. The van der Waals surface area contributed by atoms with Crippen LogP contribution in [0.5, 0.6) is 0 Å². The predicted molar refractivity (Wildman–Crippen MR) is 76.1 cm³/mol. The Labute approximate surface area is 123 Å². The van der Waals surface area contributed by atoms with Gasteiger partial charge in [-0.1, -0.05) is 25.1 Å². The molecule has 1 N–H and O–H groups in total. The minimum absolute atomic E-state index is 0.0169. The molecule has 0 amide bonds. The molecule has 0 spiro atoms. The first-order valence-electron chi connectivity index (χ1n) is 7.38. The van der Waals surface area contributed by atoms with E-state index in [0.717, 1.165) is 24.6 Å². The smallest absolute Gasteiger partial charge is 0.391 e. The van der Waals surface area contributed by atoms with E-state index in [1.807, 2.05) is 14.0 Å². The van der Waals surface area contributed by atoms with Crippen molar-refractivity contribution in [3.8, 4) is 0 Å². The average Bonchev–Trinajstić information content (AvgIpc) is 2.46. The summed E-state index contributed by atoms with van der Waals surface area (Å²) >= 11 is 0. The van der Waals surface area contributed by atoms with Gasteiger partial charge in [0.1, 0.15) is 0 Å². The molecule has 1 aromatic rings. The zero-order chi connectivity index (χ0) is 15.6. The van der Waals surface area contributed by atoms with Crippen LogP contribution in [0.4, 0.5) is 13.2 Å². The topological polar surface area (TPSA) is 23.5 Å². The van der Waals surface area contributed by atoms with Crippen molar-refractivity contribution < 1.29 is 18.3 Å². The molecule has 5 heteroatoms. The van der Waals surface area contributed by atoms with E-state index >= 15 is 0 Å². The predicted octanol–water partition coefficient (Wildman–Crippen LogP) is 3.65. The summed E-state index contributed by atoms with van der Waals surface area (Å²) in [5.41, 5.74) is 0.137. The Bertz CT molecular complexity index is 471. The molecule has 2 nitrogen and oxygen atoms in total. The van der Waals surface area contributed by atoms with Crippen molar-refractivity contribution in [3.05, 3.63) is 35.4 Å². The highest BCUT2D eigenvalue weighted by Crippen LogP contribution is 2.37. The Kier molecular flexibility index (Phi) is 4.94. The first-order chi connectivity index (χ1) is 9.82. The van der Waals surface area contributed by atoms with E-state index < -0.39 is 17.8 Å². The summed E-state index contributed by atoms with van der Waals surface area (Å²) in [6.45, 7) is 2.83. The highest BCUT2D eigenvalue weighted by Gasteiger charge is 2.34. The molecule has 2 rings (SSSR count). The lowest BCUT2D eigenvalue weighted by atomic mass is 9.79. The first-order valence-corrected chi connectivity index (χ1v) is 7.38. The fourth-order valence-corrected chi connectivity index (χ4v) is 3.11. The summed E-state index contributed by atoms with van der Waals surface area (Å²) in [5.74, 6) is 0.0784. The van der Waals surface area contributed by atoms with Gasteiger partial charge < -0.3 is 10.0 Å². The maximum atomic E-state index is 12.8. The van der Waals surface area contributed by atoms with Gasteiger partial charge in [0.25, 0.3) is 0 Å². The van der Waals surface area contributed by atoms with Crippen LogP contribution in [-0.2, 0) is 6.18 Å². The third-order valence-electron chi connectivity index (χ3n) is 4.53. The molecule has 0 bridgehead atoms. The highest BCUT2D eigenvalue weighted by atomic mass is 19.4. The van der Waals surface area contributed by atoms with Crippen LogP contribution < -0.4 is 0 Å². The number of aliphatic hydroxyl groups excluding tert-OH is 1. The number of aliphatic hydroxyl groups is 1. The van der Waals surface area contributed by atoms with Gasteiger partial charge in [0.2, 0.25) is 0 Å². The Morgan fingerprint density at radius 1 is 1.29 bits per heavy atom. The van der Waals surface area contributed by atoms with Crippen molar-refractivity contribution in [2.75, 3.05) is 13.6 Å². The highest BCUT2D eigenvalue weighted by molar-refractivity contribution is 5.29. The zero-order valence-corrected chi connectivity index (χ0v) is 12.4. The number of halogens is 3. The minimum atomic E-state index is -4.30. The van der Waals surface area contributed by atoms with Gasteiger partial charge in [0, 0.05) is 6.04 Å². The molecular weight excluding hydrogens is 279 g/mol. The van der Waals surface area contributed by atoms with Crippen LogP contribution in [0.15, 0.2) is 24.3 Å². The zero-order valence-electron chi connectivity index (χ0n) is 12.4. The van der Waals surface area contributed by atoms with E-state index in [-0.39, 0.29) is 12.0 Å². The monoisotopic (exact) mass is 301 g/mol. The van der Waals surface area contributed by atoms with E-state index in [1.165, 1.54) is 12.1 Å². The van der Waals surface area contributed by atoms with E-state index in [2.05, 4.69) is 4.90 Å². The van der Waals surface area contributed by atoms with Gasteiger partial charge in [-0.25, -0.2) is 0 Å². The van der Waals surface area contributed by atoms with Crippen molar-refractivity contribution in [1.29, 1.82) is 0 Å². The van der Waals surface area contributed by atoms with Crippen LogP contribution in [0.2, 0.25) is 0 Å². The normalized spacial score (nSPS) is 27.1. The summed E-state index contributed by atoms with van der Waals surface area (Å²) in [6, 6.07) is 5.62. The summed E-state index contributed by atoms with van der Waals surface area (Å²) in [5, 5.41) is 10.1. The van der Waals surface area contributed by atoms with E-state index in [4.69, 9.17) is 0 Å². The molecule has 0 unspecified atom stereocenters. The van der Waals surface area contributed by atoms with Gasteiger partial charge in [0.05, 0.1) is 11.7 Å². The molecule has 0 aromatic heterocycles. The van der Waals surface area contributed by atoms with Crippen LogP contribution in [0.25, 0.3) is 0 Å². The van der Waals surface area contributed by atoms with E-state index in [1.54, 1.807) is 6.07 Å². The van der Waals surface area contributed by atoms with Crippen LogP contribution in [0, 0.1) is 0 Å². The van der Waals surface area contributed by atoms with Gasteiger partial charge in [-0.2, -0.15) is 13.2 Å². The van der Waals surface area contributed by atoms with Gasteiger partial charge in [0.15, 0.2) is 0 Å². The van der Waals surface area contributed by atoms with Crippen LogP contribution in [0.1, 0.15) is 43.2 Å². The van der Waals surface area contributed by atoms with Crippen molar-refractivity contribution >= 4 is 0 Å². The number of nitrogens with zero attached hydrogens (tertiary/aromatic N) is 1. The van der Waals surface area contributed by atoms with Gasteiger partial charge in [-0.05, 0) is 50.4 Å². The number of hydrogen-bond donors (Lipinski definition) is 1. The van der Waals surface area contributed by atoms with Gasteiger partial charge in [-0.3, -0.25) is 0 Å². The summed E-state index contributed by atoms with van der Waals surface area (Å²) in [7, 11) is 1.95. The second-order valence-corrected chi connectivity index (χ2v) is 5.84. The fourth-order valence-electron chi connectivity index (χ4n) is 3.11. The quantitative estimate of drug-likeness (QED) is 0.921. The number of benzene rings is 1. The first kappa shape index (κ1) is 16.3. The Hall–Kier alpha value is -1.07.